The van der Waals surface area contributed by atoms with Crippen LogP contribution in [0.4, 0.5) is 0 Å². The fourth-order valence-electron chi connectivity index (χ4n) is 3.21. The zero-order valence-corrected chi connectivity index (χ0v) is 12.3. The van der Waals surface area contributed by atoms with E-state index in [1.54, 1.807) is 6.07 Å². The Morgan fingerprint density at radius 1 is 1.27 bits per heavy atom. The normalized spacial score (nSPS) is 21.5. The highest BCUT2D eigenvalue weighted by molar-refractivity contribution is 5.89. The van der Waals surface area contributed by atoms with E-state index in [1.165, 1.54) is 6.42 Å². The van der Waals surface area contributed by atoms with Crippen LogP contribution in [0.2, 0.25) is 0 Å². The molecule has 5 nitrogen and oxygen atoms in total. The fourth-order valence-corrected chi connectivity index (χ4v) is 3.21. The largest absolute Gasteiger partial charge is 0.440 e. The highest BCUT2D eigenvalue weighted by Crippen LogP contribution is 2.38. The van der Waals surface area contributed by atoms with Gasteiger partial charge < -0.3 is 15.8 Å². The molecule has 1 aromatic rings. The summed E-state index contributed by atoms with van der Waals surface area (Å²) < 4.78 is 5.46. The van der Waals surface area contributed by atoms with E-state index in [1.807, 2.05) is 24.3 Å². The van der Waals surface area contributed by atoms with Gasteiger partial charge in [-0.25, -0.2) is 0 Å². The maximum absolute atomic E-state index is 12.7. The van der Waals surface area contributed by atoms with Crippen molar-refractivity contribution in [1.82, 2.24) is 5.32 Å². The predicted octanol–water partition coefficient (Wildman–Crippen LogP) is 2.31. The molecule has 0 aromatic heterocycles. The first-order valence-corrected chi connectivity index (χ1v) is 7.67. The molecule has 0 bridgehead atoms. The lowest BCUT2D eigenvalue weighted by Gasteiger charge is -2.28. The summed E-state index contributed by atoms with van der Waals surface area (Å²) in [5.74, 6) is -0.285. The summed E-state index contributed by atoms with van der Waals surface area (Å²) >= 11 is 0. The number of hydrogen-bond acceptors (Lipinski definition) is 4. The third-order valence-electron chi connectivity index (χ3n) is 4.34. The Labute approximate surface area is 129 Å². The number of hydrogen-bond donors (Lipinski definition) is 2. The molecule has 0 spiro atoms. The smallest absolute Gasteiger partial charge is 0.233 e. The average molecular weight is 297 g/mol. The maximum atomic E-state index is 12.7. The molecular formula is C17H19N3O2. The van der Waals surface area contributed by atoms with E-state index in [-0.39, 0.29) is 23.4 Å². The monoisotopic (exact) mass is 297 g/mol. The zero-order chi connectivity index (χ0) is 15.5. The number of ether oxygens (including phenoxy) is 1. The van der Waals surface area contributed by atoms with Crippen LogP contribution in [0.5, 0.6) is 5.75 Å². The summed E-state index contributed by atoms with van der Waals surface area (Å²) in [6, 6.07) is 9.45. The Kier molecular flexibility index (Phi) is 4.01. The van der Waals surface area contributed by atoms with Gasteiger partial charge in [0, 0.05) is 11.6 Å². The van der Waals surface area contributed by atoms with E-state index in [4.69, 9.17) is 10.5 Å². The van der Waals surface area contributed by atoms with Crippen molar-refractivity contribution in [3.05, 3.63) is 41.3 Å². The van der Waals surface area contributed by atoms with Gasteiger partial charge >= 0.3 is 0 Å². The molecular weight excluding hydrogens is 278 g/mol. The molecule has 2 aliphatic rings. The Hall–Kier alpha value is -2.48. The number of rotatable bonds is 2. The van der Waals surface area contributed by atoms with Crippen LogP contribution in [0, 0.1) is 11.3 Å². The van der Waals surface area contributed by atoms with E-state index in [2.05, 4.69) is 5.32 Å². The number of benzene rings is 1. The minimum Gasteiger partial charge on any atom is -0.440 e. The number of nitrogens with zero attached hydrogens (tertiary/aromatic N) is 1. The molecule has 22 heavy (non-hydrogen) atoms. The van der Waals surface area contributed by atoms with E-state index >= 15 is 0 Å². The second-order valence-electron chi connectivity index (χ2n) is 5.81. The molecule has 0 radical (unpaired) electrons. The molecule has 1 heterocycles. The third-order valence-corrected chi connectivity index (χ3v) is 4.34. The van der Waals surface area contributed by atoms with Gasteiger partial charge in [0.1, 0.15) is 23.3 Å². The van der Waals surface area contributed by atoms with E-state index in [0.717, 1.165) is 25.7 Å². The highest BCUT2D eigenvalue weighted by atomic mass is 16.5. The molecule has 114 valence electrons. The zero-order valence-electron chi connectivity index (χ0n) is 12.3. The van der Waals surface area contributed by atoms with Gasteiger partial charge in [-0.1, -0.05) is 37.5 Å². The van der Waals surface area contributed by atoms with Crippen LogP contribution in [-0.4, -0.2) is 11.9 Å². The van der Waals surface area contributed by atoms with Gasteiger partial charge in [-0.2, -0.15) is 5.26 Å². The van der Waals surface area contributed by atoms with Crippen molar-refractivity contribution in [2.75, 3.05) is 0 Å². The third kappa shape index (κ3) is 2.64. The Balaban J connectivity index is 1.89. The predicted molar refractivity (Wildman–Crippen MR) is 81.7 cm³/mol. The van der Waals surface area contributed by atoms with Gasteiger partial charge in [-0.15, -0.1) is 0 Å². The maximum Gasteiger partial charge on any atom is 0.233 e. The molecule has 1 atom stereocenters. The van der Waals surface area contributed by atoms with Crippen molar-refractivity contribution in [1.29, 1.82) is 5.26 Å². The van der Waals surface area contributed by atoms with Crippen LogP contribution in [0.3, 0.4) is 0 Å². The Bertz CT molecular complexity index is 654. The summed E-state index contributed by atoms with van der Waals surface area (Å²) in [4.78, 5) is 12.7. The van der Waals surface area contributed by atoms with Crippen molar-refractivity contribution in [2.24, 2.45) is 5.73 Å². The minimum atomic E-state index is -0.683. The van der Waals surface area contributed by atoms with Crippen LogP contribution in [-0.2, 0) is 4.79 Å². The molecule has 1 amide bonds. The van der Waals surface area contributed by atoms with E-state index in [9.17, 15) is 10.1 Å². The van der Waals surface area contributed by atoms with Gasteiger partial charge in [0.25, 0.3) is 0 Å². The number of nitrogens with two attached hydrogens (primary N) is 1. The number of nitrogens with one attached hydrogen (secondary N) is 1. The van der Waals surface area contributed by atoms with Crippen molar-refractivity contribution in [3.63, 3.8) is 0 Å². The first-order valence-electron chi connectivity index (χ1n) is 7.67. The number of carbonyl (C=O) groups excluding carboxylic acids is 1. The van der Waals surface area contributed by atoms with Crippen molar-refractivity contribution >= 4 is 5.91 Å². The first kappa shape index (κ1) is 14.5. The van der Waals surface area contributed by atoms with Gasteiger partial charge in [0.2, 0.25) is 11.8 Å². The number of fused-ring (bicyclic) bond motifs is 1. The lowest BCUT2D eigenvalue weighted by Crippen LogP contribution is -2.41. The van der Waals surface area contributed by atoms with Gasteiger partial charge in [-0.05, 0) is 18.9 Å². The topological polar surface area (TPSA) is 88.1 Å². The molecule has 1 saturated carbocycles. The lowest BCUT2D eigenvalue weighted by molar-refractivity contribution is -0.122. The van der Waals surface area contributed by atoms with Gasteiger partial charge in [0.15, 0.2) is 0 Å². The second kappa shape index (κ2) is 6.10. The molecule has 5 heteroatoms. The second-order valence-corrected chi connectivity index (χ2v) is 5.81. The van der Waals surface area contributed by atoms with Crippen LogP contribution >= 0.6 is 0 Å². The number of amides is 1. The number of nitriles is 1. The van der Waals surface area contributed by atoms with Crippen LogP contribution in [0.1, 0.15) is 43.6 Å². The SMILES string of the molecule is N#CC1=C(N)Oc2ccccc2C1C(=O)NC1CCCCC1. The van der Waals surface area contributed by atoms with Crippen LogP contribution in [0.25, 0.3) is 0 Å². The fraction of sp³-hybridized carbons (Fsp3) is 0.412. The summed E-state index contributed by atoms with van der Waals surface area (Å²) in [5, 5.41) is 12.4. The molecule has 1 aromatic carbocycles. The Morgan fingerprint density at radius 3 is 2.73 bits per heavy atom. The van der Waals surface area contributed by atoms with E-state index < -0.39 is 5.92 Å². The number of carbonyl (C=O) groups is 1. The van der Waals surface area contributed by atoms with E-state index in [0.29, 0.717) is 11.3 Å². The minimum absolute atomic E-state index is 0.0185. The molecule has 0 saturated heterocycles. The summed E-state index contributed by atoms with van der Waals surface area (Å²) in [6.07, 6.45) is 5.49. The van der Waals surface area contributed by atoms with Crippen molar-refractivity contribution < 1.29 is 9.53 Å². The van der Waals surface area contributed by atoms with Crippen LogP contribution in [0.15, 0.2) is 35.7 Å². The molecule has 1 aliphatic carbocycles. The standard InChI is InChI=1S/C17H19N3O2/c18-10-13-15(17(21)20-11-6-2-1-3-7-11)12-8-4-5-9-14(12)22-16(13)19/h4-5,8-9,11,15H,1-3,6-7,19H2,(H,20,21). The van der Waals surface area contributed by atoms with Crippen molar-refractivity contribution in [2.45, 2.75) is 44.1 Å². The van der Waals surface area contributed by atoms with Crippen molar-refractivity contribution in [3.8, 4) is 11.8 Å². The first-order chi connectivity index (χ1) is 10.7. The summed E-state index contributed by atoms with van der Waals surface area (Å²) in [5.41, 5.74) is 6.70. The Morgan fingerprint density at radius 2 is 2.00 bits per heavy atom. The molecule has 3 rings (SSSR count). The van der Waals surface area contributed by atoms with Gasteiger partial charge in [0.05, 0.1) is 0 Å². The molecule has 1 fully saturated rings. The molecule has 1 unspecified atom stereocenters. The van der Waals surface area contributed by atoms with Crippen LogP contribution < -0.4 is 15.8 Å². The molecule has 1 aliphatic heterocycles. The quantitative estimate of drug-likeness (QED) is 0.876. The summed E-state index contributed by atoms with van der Waals surface area (Å²) in [7, 11) is 0. The average Bonchev–Trinajstić information content (AvgIpc) is 2.54. The number of para-hydroxylation sites is 1. The lowest BCUT2D eigenvalue weighted by atomic mass is 9.87. The summed E-state index contributed by atoms with van der Waals surface area (Å²) in [6.45, 7) is 0. The molecule has 3 N–H and O–H groups in total. The van der Waals surface area contributed by atoms with Gasteiger partial charge in [-0.3, -0.25) is 4.79 Å². The highest BCUT2D eigenvalue weighted by Gasteiger charge is 2.35.